The number of nitrogens with zero attached hydrogens (tertiary/aromatic N) is 1. The lowest BCUT2D eigenvalue weighted by Gasteiger charge is -2.35. The number of rotatable bonds is 2. The molecule has 2 aliphatic heterocycles. The summed E-state index contributed by atoms with van der Waals surface area (Å²) in [5.41, 5.74) is 3.47. The van der Waals surface area contributed by atoms with Gasteiger partial charge >= 0.3 is 0 Å². The van der Waals surface area contributed by atoms with E-state index in [1.165, 1.54) is 24.0 Å². The molecule has 2 aromatic rings. The van der Waals surface area contributed by atoms with Gasteiger partial charge in [0, 0.05) is 26.1 Å². The van der Waals surface area contributed by atoms with Crippen LogP contribution in [-0.4, -0.2) is 35.9 Å². The fourth-order valence-electron chi connectivity index (χ4n) is 4.90. The van der Waals surface area contributed by atoms with E-state index in [4.69, 9.17) is 4.74 Å². The van der Waals surface area contributed by atoms with Crippen molar-refractivity contribution in [3.8, 4) is 5.75 Å². The molecule has 0 saturated carbocycles. The number of aryl methyl sites for hydroxylation is 1. The van der Waals surface area contributed by atoms with Gasteiger partial charge in [-0.15, -0.1) is 0 Å². The van der Waals surface area contributed by atoms with E-state index in [2.05, 4.69) is 29.2 Å². The molecule has 2 heterocycles. The Morgan fingerprint density at radius 2 is 1.96 bits per heavy atom. The molecule has 0 amide bonds. The van der Waals surface area contributed by atoms with Gasteiger partial charge in [-0.25, -0.2) is 0 Å². The minimum Gasteiger partial charge on any atom is -0.485 e. The van der Waals surface area contributed by atoms with E-state index in [0.29, 0.717) is 12.3 Å². The zero-order valence-electron chi connectivity index (χ0n) is 14.4. The van der Waals surface area contributed by atoms with Crippen LogP contribution in [0.3, 0.4) is 0 Å². The van der Waals surface area contributed by atoms with E-state index in [-0.39, 0.29) is 11.4 Å². The SMILES string of the molecule is O=C1CC2(CCN(CC3CCc4ccccc43)C2)Oc2ccccc21. The van der Waals surface area contributed by atoms with Crippen LogP contribution in [0.2, 0.25) is 0 Å². The summed E-state index contributed by atoms with van der Waals surface area (Å²) in [5, 5.41) is 0. The lowest BCUT2D eigenvalue weighted by molar-refractivity contribution is 0.0456. The number of fused-ring (bicyclic) bond motifs is 2. The van der Waals surface area contributed by atoms with Gasteiger partial charge in [-0.1, -0.05) is 36.4 Å². The molecule has 5 rings (SSSR count). The molecule has 3 nitrogen and oxygen atoms in total. The van der Waals surface area contributed by atoms with Crippen molar-refractivity contribution < 1.29 is 9.53 Å². The highest BCUT2D eigenvalue weighted by atomic mass is 16.5. The summed E-state index contributed by atoms with van der Waals surface area (Å²) in [6.07, 6.45) is 3.90. The summed E-state index contributed by atoms with van der Waals surface area (Å²) >= 11 is 0. The predicted molar refractivity (Wildman–Crippen MR) is 97.3 cm³/mol. The quantitative estimate of drug-likeness (QED) is 0.836. The molecular weight excluding hydrogens is 310 g/mol. The van der Waals surface area contributed by atoms with Crippen LogP contribution in [0.4, 0.5) is 0 Å². The monoisotopic (exact) mass is 333 g/mol. The third-order valence-electron chi connectivity index (χ3n) is 6.13. The number of benzene rings is 2. The molecule has 3 heteroatoms. The van der Waals surface area contributed by atoms with Crippen LogP contribution < -0.4 is 4.74 Å². The lowest BCUT2D eigenvalue weighted by Crippen LogP contribution is -2.44. The van der Waals surface area contributed by atoms with Crippen molar-refractivity contribution >= 4 is 5.78 Å². The Balaban J connectivity index is 1.32. The molecule has 0 bridgehead atoms. The molecular formula is C22H23NO2. The van der Waals surface area contributed by atoms with Crippen molar-refractivity contribution in [1.82, 2.24) is 4.90 Å². The van der Waals surface area contributed by atoms with Crippen LogP contribution in [0.15, 0.2) is 48.5 Å². The van der Waals surface area contributed by atoms with E-state index in [0.717, 1.165) is 37.4 Å². The average Bonchev–Trinajstić information content (AvgIpc) is 3.20. The molecule has 2 aromatic carbocycles. The van der Waals surface area contributed by atoms with E-state index in [1.807, 2.05) is 24.3 Å². The Bertz CT molecular complexity index is 830. The van der Waals surface area contributed by atoms with Gasteiger partial charge in [0.05, 0.1) is 12.0 Å². The molecule has 0 aromatic heterocycles. The van der Waals surface area contributed by atoms with Gasteiger partial charge in [0.2, 0.25) is 0 Å². The highest BCUT2D eigenvalue weighted by Gasteiger charge is 2.46. The number of carbonyl (C=O) groups is 1. The number of hydrogen-bond donors (Lipinski definition) is 0. The first-order chi connectivity index (χ1) is 12.2. The smallest absolute Gasteiger partial charge is 0.170 e. The van der Waals surface area contributed by atoms with E-state index < -0.39 is 0 Å². The van der Waals surface area contributed by atoms with Crippen molar-refractivity contribution in [2.24, 2.45) is 0 Å². The highest BCUT2D eigenvalue weighted by molar-refractivity contribution is 6.00. The molecule has 1 saturated heterocycles. The van der Waals surface area contributed by atoms with Crippen molar-refractivity contribution in [3.05, 3.63) is 65.2 Å². The Labute approximate surface area is 148 Å². The van der Waals surface area contributed by atoms with Gasteiger partial charge in [-0.2, -0.15) is 0 Å². The molecule has 2 unspecified atom stereocenters. The number of ketones is 1. The minimum atomic E-state index is -0.316. The number of para-hydroxylation sites is 1. The van der Waals surface area contributed by atoms with Gasteiger partial charge in [-0.05, 0) is 42.0 Å². The molecule has 25 heavy (non-hydrogen) atoms. The van der Waals surface area contributed by atoms with Gasteiger partial charge in [-0.3, -0.25) is 9.69 Å². The second-order valence-electron chi connectivity index (χ2n) is 7.80. The van der Waals surface area contributed by atoms with Crippen molar-refractivity contribution in [1.29, 1.82) is 0 Å². The van der Waals surface area contributed by atoms with Crippen LogP contribution in [0.25, 0.3) is 0 Å². The number of carbonyl (C=O) groups excluding carboxylic acids is 1. The van der Waals surface area contributed by atoms with Crippen LogP contribution in [0, 0.1) is 0 Å². The zero-order chi connectivity index (χ0) is 16.9. The van der Waals surface area contributed by atoms with Crippen LogP contribution >= 0.6 is 0 Å². The number of ether oxygens (including phenoxy) is 1. The first-order valence-corrected chi connectivity index (χ1v) is 9.34. The first kappa shape index (κ1) is 15.2. The maximum Gasteiger partial charge on any atom is 0.170 e. The van der Waals surface area contributed by atoms with Crippen molar-refractivity contribution in [2.75, 3.05) is 19.6 Å². The molecule has 3 aliphatic rings. The summed E-state index contributed by atoms with van der Waals surface area (Å²) in [5.74, 6) is 1.62. The Kier molecular flexibility index (Phi) is 3.46. The summed E-state index contributed by atoms with van der Waals surface area (Å²) in [4.78, 5) is 15.1. The molecule has 0 N–H and O–H groups in total. The van der Waals surface area contributed by atoms with E-state index in [9.17, 15) is 4.79 Å². The second kappa shape index (κ2) is 5.70. The van der Waals surface area contributed by atoms with Crippen LogP contribution in [0.5, 0.6) is 5.75 Å². The number of Topliss-reactive ketones (excluding diaryl/α,β-unsaturated/α-hetero) is 1. The Morgan fingerprint density at radius 1 is 1.12 bits per heavy atom. The standard InChI is InChI=1S/C22H23NO2/c24-20-13-22(25-21-8-4-3-7-19(20)21)11-12-23(15-22)14-17-10-9-16-5-1-2-6-18(16)17/h1-8,17H,9-15H2. The molecule has 1 spiro atoms. The normalized spacial score (nSPS) is 28.0. The van der Waals surface area contributed by atoms with Gasteiger partial charge in [0.25, 0.3) is 0 Å². The fourth-order valence-corrected chi connectivity index (χ4v) is 4.90. The molecule has 0 radical (unpaired) electrons. The summed E-state index contributed by atoms with van der Waals surface area (Å²) in [7, 11) is 0. The van der Waals surface area contributed by atoms with E-state index >= 15 is 0 Å². The van der Waals surface area contributed by atoms with Crippen molar-refractivity contribution in [2.45, 2.75) is 37.2 Å². The minimum absolute atomic E-state index is 0.231. The summed E-state index contributed by atoms with van der Waals surface area (Å²) in [6.45, 7) is 2.97. The third kappa shape index (κ3) is 2.58. The molecule has 1 fully saturated rings. The molecule has 1 aliphatic carbocycles. The van der Waals surface area contributed by atoms with Gasteiger partial charge in [0.1, 0.15) is 11.4 Å². The second-order valence-corrected chi connectivity index (χ2v) is 7.80. The number of hydrogen-bond acceptors (Lipinski definition) is 3. The van der Waals surface area contributed by atoms with Crippen molar-refractivity contribution in [3.63, 3.8) is 0 Å². The largest absolute Gasteiger partial charge is 0.485 e. The van der Waals surface area contributed by atoms with E-state index in [1.54, 1.807) is 0 Å². The predicted octanol–water partition coefficient (Wildman–Crippen LogP) is 3.83. The first-order valence-electron chi connectivity index (χ1n) is 9.34. The van der Waals surface area contributed by atoms with Gasteiger partial charge < -0.3 is 4.74 Å². The fraction of sp³-hybridized carbons (Fsp3) is 0.409. The maximum atomic E-state index is 12.6. The van der Waals surface area contributed by atoms with Crippen LogP contribution in [0.1, 0.15) is 46.7 Å². The highest BCUT2D eigenvalue weighted by Crippen LogP contribution is 2.40. The lowest BCUT2D eigenvalue weighted by atomic mass is 9.89. The number of likely N-dealkylation sites (tertiary alicyclic amines) is 1. The topological polar surface area (TPSA) is 29.5 Å². The Morgan fingerprint density at radius 3 is 2.92 bits per heavy atom. The van der Waals surface area contributed by atoms with Gasteiger partial charge in [0.15, 0.2) is 5.78 Å². The summed E-state index contributed by atoms with van der Waals surface area (Å²) < 4.78 is 6.35. The third-order valence-corrected chi connectivity index (χ3v) is 6.13. The molecule has 128 valence electrons. The maximum absolute atomic E-state index is 12.6. The average molecular weight is 333 g/mol. The zero-order valence-corrected chi connectivity index (χ0v) is 14.4. The molecule has 2 atom stereocenters. The summed E-state index contributed by atoms with van der Waals surface area (Å²) in [6, 6.07) is 16.5. The Hall–Kier alpha value is -2.13. The van der Waals surface area contributed by atoms with Crippen LogP contribution in [-0.2, 0) is 6.42 Å².